The topological polar surface area (TPSA) is 52.9 Å². The van der Waals surface area contributed by atoms with E-state index >= 15 is 0 Å². The first-order chi connectivity index (χ1) is 8.70. The summed E-state index contributed by atoms with van der Waals surface area (Å²) in [5, 5.41) is 11.7. The molecule has 0 aromatic heterocycles. The van der Waals surface area contributed by atoms with Crippen LogP contribution in [0.1, 0.15) is 15.9 Å². The lowest BCUT2D eigenvalue weighted by molar-refractivity contribution is 0.102. The minimum absolute atomic E-state index is 0.231. The molecule has 0 spiro atoms. The quantitative estimate of drug-likeness (QED) is 0.922. The molecule has 1 amide bonds. The van der Waals surface area contributed by atoms with Gasteiger partial charge >= 0.3 is 0 Å². The van der Waals surface area contributed by atoms with E-state index in [9.17, 15) is 4.79 Å². The van der Waals surface area contributed by atoms with E-state index in [2.05, 4.69) is 21.2 Å². The predicted octanol–water partition coefficient (Wildman–Crippen LogP) is 3.57. The van der Waals surface area contributed by atoms with Crippen LogP contribution in [0.15, 0.2) is 53.0 Å². The molecule has 2 rings (SSSR count). The number of benzene rings is 2. The summed E-state index contributed by atoms with van der Waals surface area (Å²) in [5.41, 5.74) is 1.52. The Labute approximate surface area is 113 Å². The average molecular weight is 301 g/mol. The van der Waals surface area contributed by atoms with Gasteiger partial charge in [-0.25, -0.2) is 0 Å². The van der Waals surface area contributed by atoms with Crippen LogP contribution in [0.5, 0.6) is 0 Å². The molecule has 0 aliphatic carbocycles. The van der Waals surface area contributed by atoms with Gasteiger partial charge in [-0.1, -0.05) is 28.1 Å². The van der Waals surface area contributed by atoms with Crippen LogP contribution >= 0.6 is 15.9 Å². The van der Waals surface area contributed by atoms with E-state index < -0.39 is 0 Å². The fraction of sp³-hybridized carbons (Fsp3) is 0. The first-order valence-corrected chi connectivity index (χ1v) is 6.06. The predicted molar refractivity (Wildman–Crippen MR) is 73.3 cm³/mol. The molecule has 2 aromatic rings. The Kier molecular flexibility index (Phi) is 3.75. The SMILES string of the molecule is N#Cc1ccccc1NC(=O)c1ccc(Br)cc1. The zero-order valence-corrected chi connectivity index (χ0v) is 10.9. The molecule has 0 saturated carbocycles. The van der Waals surface area contributed by atoms with Gasteiger partial charge in [0.15, 0.2) is 0 Å². The van der Waals surface area contributed by atoms with Crippen LogP contribution in [0.2, 0.25) is 0 Å². The highest BCUT2D eigenvalue weighted by atomic mass is 79.9. The number of halogens is 1. The van der Waals surface area contributed by atoms with Crippen LogP contribution in [-0.2, 0) is 0 Å². The van der Waals surface area contributed by atoms with Crippen LogP contribution < -0.4 is 5.32 Å². The van der Waals surface area contributed by atoms with E-state index in [1.165, 1.54) is 0 Å². The van der Waals surface area contributed by atoms with E-state index in [-0.39, 0.29) is 5.91 Å². The van der Waals surface area contributed by atoms with Gasteiger partial charge in [0.2, 0.25) is 0 Å². The Balaban J connectivity index is 2.22. The normalized spacial score (nSPS) is 9.56. The van der Waals surface area contributed by atoms with Gasteiger partial charge in [-0.2, -0.15) is 5.26 Å². The average Bonchev–Trinajstić information content (AvgIpc) is 2.40. The summed E-state index contributed by atoms with van der Waals surface area (Å²) in [5.74, 6) is -0.231. The molecule has 1 N–H and O–H groups in total. The summed E-state index contributed by atoms with van der Waals surface area (Å²) in [6.45, 7) is 0. The molecule has 3 nitrogen and oxygen atoms in total. The van der Waals surface area contributed by atoms with Crippen molar-refractivity contribution in [1.29, 1.82) is 5.26 Å². The highest BCUT2D eigenvalue weighted by Gasteiger charge is 2.08. The number of hydrogen-bond acceptors (Lipinski definition) is 2. The Morgan fingerprint density at radius 2 is 1.78 bits per heavy atom. The third-order valence-corrected chi connectivity index (χ3v) is 2.93. The van der Waals surface area contributed by atoms with Crippen LogP contribution in [0.4, 0.5) is 5.69 Å². The minimum atomic E-state index is -0.231. The Morgan fingerprint density at radius 3 is 2.44 bits per heavy atom. The van der Waals surface area contributed by atoms with E-state index in [1.54, 1.807) is 48.5 Å². The summed E-state index contributed by atoms with van der Waals surface area (Å²) in [7, 11) is 0. The van der Waals surface area contributed by atoms with Crippen molar-refractivity contribution < 1.29 is 4.79 Å². The smallest absolute Gasteiger partial charge is 0.255 e. The van der Waals surface area contributed by atoms with Gasteiger partial charge in [-0.05, 0) is 36.4 Å². The maximum Gasteiger partial charge on any atom is 0.255 e. The molecule has 0 radical (unpaired) electrons. The van der Waals surface area contributed by atoms with Gasteiger partial charge in [-0.15, -0.1) is 0 Å². The summed E-state index contributed by atoms with van der Waals surface area (Å²) in [6, 6.07) is 16.0. The lowest BCUT2D eigenvalue weighted by atomic mass is 10.1. The van der Waals surface area contributed by atoms with Crippen LogP contribution in [0.25, 0.3) is 0 Å². The Morgan fingerprint density at radius 1 is 1.11 bits per heavy atom. The number of hydrogen-bond donors (Lipinski definition) is 1. The molecule has 0 saturated heterocycles. The lowest BCUT2D eigenvalue weighted by Gasteiger charge is -2.06. The van der Waals surface area contributed by atoms with Crippen molar-refractivity contribution in [2.75, 3.05) is 5.32 Å². The molecule has 2 aromatic carbocycles. The van der Waals surface area contributed by atoms with Crippen molar-refractivity contribution in [2.24, 2.45) is 0 Å². The zero-order chi connectivity index (χ0) is 13.0. The second kappa shape index (κ2) is 5.48. The minimum Gasteiger partial charge on any atom is -0.321 e. The molecule has 0 aliphatic heterocycles. The molecule has 0 unspecified atom stereocenters. The summed E-state index contributed by atoms with van der Waals surface area (Å²) >= 11 is 3.31. The molecular weight excluding hydrogens is 292 g/mol. The molecule has 0 aliphatic rings. The van der Waals surface area contributed by atoms with Crippen LogP contribution in [0.3, 0.4) is 0 Å². The zero-order valence-electron chi connectivity index (χ0n) is 9.35. The number of nitriles is 1. The van der Waals surface area contributed by atoms with Gasteiger partial charge in [0, 0.05) is 10.0 Å². The number of nitrogens with zero attached hydrogens (tertiary/aromatic N) is 1. The molecule has 0 atom stereocenters. The number of anilines is 1. The number of rotatable bonds is 2. The molecule has 88 valence electrons. The van der Waals surface area contributed by atoms with Crippen LogP contribution in [0, 0.1) is 11.3 Å². The molecular formula is C14H9BrN2O. The summed E-state index contributed by atoms with van der Waals surface area (Å²) < 4.78 is 0.913. The third-order valence-electron chi connectivity index (χ3n) is 2.40. The number of nitrogens with one attached hydrogen (secondary N) is 1. The van der Waals surface area contributed by atoms with E-state index in [0.717, 1.165) is 4.47 Å². The summed E-state index contributed by atoms with van der Waals surface area (Å²) in [6.07, 6.45) is 0. The monoisotopic (exact) mass is 300 g/mol. The molecule has 0 bridgehead atoms. The fourth-order valence-corrected chi connectivity index (χ4v) is 1.75. The molecule has 0 fully saturated rings. The van der Waals surface area contributed by atoms with Crippen molar-refractivity contribution >= 4 is 27.5 Å². The van der Waals surface area contributed by atoms with Gasteiger partial charge < -0.3 is 5.32 Å². The van der Waals surface area contributed by atoms with Crippen molar-refractivity contribution in [2.45, 2.75) is 0 Å². The van der Waals surface area contributed by atoms with E-state index in [1.807, 2.05) is 6.07 Å². The molecule has 18 heavy (non-hydrogen) atoms. The second-order valence-electron chi connectivity index (χ2n) is 3.62. The highest BCUT2D eigenvalue weighted by molar-refractivity contribution is 9.10. The Hall–Kier alpha value is -2.12. The second-order valence-corrected chi connectivity index (χ2v) is 4.53. The first kappa shape index (κ1) is 12.3. The number of para-hydroxylation sites is 1. The number of carbonyl (C=O) groups excluding carboxylic acids is 1. The van der Waals surface area contributed by atoms with Crippen LogP contribution in [-0.4, -0.2) is 5.91 Å². The van der Waals surface area contributed by atoms with Gasteiger partial charge in [-0.3, -0.25) is 4.79 Å². The standard InChI is InChI=1S/C14H9BrN2O/c15-12-7-5-10(6-8-12)14(18)17-13-4-2-1-3-11(13)9-16/h1-8H,(H,17,18). The van der Waals surface area contributed by atoms with Crippen molar-refractivity contribution in [1.82, 2.24) is 0 Å². The third kappa shape index (κ3) is 2.76. The van der Waals surface area contributed by atoms with Crippen molar-refractivity contribution in [3.63, 3.8) is 0 Å². The van der Waals surface area contributed by atoms with Gasteiger partial charge in [0.25, 0.3) is 5.91 Å². The van der Waals surface area contributed by atoms with Crippen molar-refractivity contribution in [3.05, 3.63) is 64.1 Å². The number of carbonyl (C=O) groups is 1. The maximum absolute atomic E-state index is 12.0. The van der Waals surface area contributed by atoms with E-state index in [4.69, 9.17) is 5.26 Å². The van der Waals surface area contributed by atoms with E-state index in [0.29, 0.717) is 16.8 Å². The molecule has 0 heterocycles. The first-order valence-electron chi connectivity index (χ1n) is 5.27. The fourth-order valence-electron chi connectivity index (χ4n) is 1.49. The number of amides is 1. The highest BCUT2D eigenvalue weighted by Crippen LogP contribution is 2.16. The summed E-state index contributed by atoms with van der Waals surface area (Å²) in [4.78, 5) is 12.0. The largest absolute Gasteiger partial charge is 0.321 e. The molecule has 4 heteroatoms. The van der Waals surface area contributed by atoms with Gasteiger partial charge in [0.05, 0.1) is 11.3 Å². The lowest BCUT2D eigenvalue weighted by Crippen LogP contribution is -2.12. The van der Waals surface area contributed by atoms with Gasteiger partial charge in [0.1, 0.15) is 6.07 Å². The maximum atomic E-state index is 12.0. The van der Waals surface area contributed by atoms with Crippen molar-refractivity contribution in [3.8, 4) is 6.07 Å². The Bertz CT molecular complexity index is 614.